The van der Waals surface area contributed by atoms with Crippen LogP contribution >= 0.6 is 27.3 Å². The van der Waals surface area contributed by atoms with Gasteiger partial charge in [-0.05, 0) is 22.0 Å². The summed E-state index contributed by atoms with van der Waals surface area (Å²) in [5.74, 6) is -0.976. The standard InChI is InChI=1S/C11H11BrN4O4S2/c1-22(19,20)16-3-2-7(5-16)10(18)13-4-9(17)15-11-14-8(12)6-21-11/h2-3,5-6H,4H2,1H3,(H,13,18)(H,14,15,17). The number of aromatic nitrogens is 2. The molecule has 2 N–H and O–H groups in total. The molecule has 2 aromatic heterocycles. The number of thiazole rings is 1. The molecular weight excluding hydrogens is 396 g/mol. The minimum absolute atomic E-state index is 0.148. The first-order chi connectivity index (χ1) is 10.3. The predicted molar refractivity (Wildman–Crippen MR) is 85.5 cm³/mol. The lowest BCUT2D eigenvalue weighted by molar-refractivity contribution is -0.115. The molecule has 0 fully saturated rings. The Morgan fingerprint density at radius 3 is 2.73 bits per heavy atom. The van der Waals surface area contributed by atoms with Crippen molar-refractivity contribution in [2.24, 2.45) is 0 Å². The zero-order valence-corrected chi connectivity index (χ0v) is 14.5. The van der Waals surface area contributed by atoms with Gasteiger partial charge in [0, 0.05) is 17.8 Å². The maximum atomic E-state index is 11.8. The van der Waals surface area contributed by atoms with Gasteiger partial charge in [0.1, 0.15) is 4.60 Å². The van der Waals surface area contributed by atoms with Gasteiger partial charge in [-0.1, -0.05) is 0 Å². The minimum atomic E-state index is -3.44. The van der Waals surface area contributed by atoms with E-state index in [-0.39, 0.29) is 12.1 Å². The number of nitrogens with zero attached hydrogens (tertiary/aromatic N) is 2. The van der Waals surface area contributed by atoms with Crippen molar-refractivity contribution in [3.8, 4) is 0 Å². The highest BCUT2D eigenvalue weighted by molar-refractivity contribution is 9.10. The molecule has 0 aromatic carbocycles. The molecule has 0 radical (unpaired) electrons. The summed E-state index contributed by atoms with van der Waals surface area (Å²) in [4.78, 5) is 27.5. The fraction of sp³-hybridized carbons (Fsp3) is 0.182. The lowest BCUT2D eigenvalue weighted by Gasteiger charge is -2.03. The van der Waals surface area contributed by atoms with E-state index in [1.54, 1.807) is 5.38 Å². The number of anilines is 1. The molecule has 0 aliphatic rings. The van der Waals surface area contributed by atoms with E-state index in [4.69, 9.17) is 0 Å². The number of rotatable bonds is 5. The lowest BCUT2D eigenvalue weighted by atomic mass is 10.3. The van der Waals surface area contributed by atoms with Crippen molar-refractivity contribution in [1.29, 1.82) is 0 Å². The molecule has 0 spiro atoms. The zero-order chi connectivity index (χ0) is 16.3. The molecule has 0 atom stereocenters. The fourth-order valence-corrected chi connectivity index (χ4v) is 3.20. The van der Waals surface area contributed by atoms with E-state index in [1.165, 1.54) is 29.8 Å². The van der Waals surface area contributed by atoms with Crippen molar-refractivity contribution in [2.45, 2.75) is 0 Å². The van der Waals surface area contributed by atoms with E-state index in [9.17, 15) is 18.0 Å². The van der Waals surface area contributed by atoms with Gasteiger partial charge in [-0.25, -0.2) is 13.4 Å². The molecule has 2 rings (SSSR count). The molecule has 0 aliphatic heterocycles. The van der Waals surface area contributed by atoms with Crippen LogP contribution in [0.25, 0.3) is 0 Å². The van der Waals surface area contributed by atoms with Gasteiger partial charge in [-0.2, -0.15) is 0 Å². The summed E-state index contributed by atoms with van der Waals surface area (Å²) >= 11 is 4.40. The average molecular weight is 407 g/mol. The molecule has 0 saturated carbocycles. The summed E-state index contributed by atoms with van der Waals surface area (Å²) in [5.41, 5.74) is 0.148. The van der Waals surface area contributed by atoms with E-state index >= 15 is 0 Å². The normalized spacial score (nSPS) is 11.2. The van der Waals surface area contributed by atoms with Crippen molar-refractivity contribution in [1.82, 2.24) is 14.3 Å². The SMILES string of the molecule is CS(=O)(=O)n1ccc(C(=O)NCC(=O)Nc2nc(Br)cs2)c1. The van der Waals surface area contributed by atoms with Gasteiger partial charge < -0.3 is 10.6 Å². The summed E-state index contributed by atoms with van der Waals surface area (Å²) in [6.45, 7) is -0.250. The molecule has 22 heavy (non-hydrogen) atoms. The van der Waals surface area contributed by atoms with Gasteiger partial charge in [0.2, 0.25) is 15.9 Å². The summed E-state index contributed by atoms with van der Waals surface area (Å²) in [5, 5.41) is 7.04. The Hall–Kier alpha value is -1.72. The molecule has 0 bridgehead atoms. The Labute approximate surface area is 138 Å². The van der Waals surface area contributed by atoms with Crippen LogP contribution in [0.15, 0.2) is 28.4 Å². The van der Waals surface area contributed by atoms with Crippen molar-refractivity contribution < 1.29 is 18.0 Å². The van der Waals surface area contributed by atoms with Gasteiger partial charge in [0.15, 0.2) is 5.13 Å². The Kier molecular flexibility index (Phi) is 4.98. The second kappa shape index (κ2) is 6.58. The number of carbonyl (C=O) groups excluding carboxylic acids is 2. The number of hydrogen-bond acceptors (Lipinski definition) is 6. The van der Waals surface area contributed by atoms with E-state index in [2.05, 4.69) is 31.5 Å². The second-order valence-electron chi connectivity index (χ2n) is 4.20. The molecule has 0 aliphatic carbocycles. The first kappa shape index (κ1) is 16.6. The van der Waals surface area contributed by atoms with Gasteiger partial charge in [-0.3, -0.25) is 13.6 Å². The Bertz CT molecular complexity index is 812. The smallest absolute Gasteiger partial charge is 0.253 e. The Morgan fingerprint density at radius 2 is 2.18 bits per heavy atom. The number of nitrogens with one attached hydrogen (secondary N) is 2. The summed E-state index contributed by atoms with van der Waals surface area (Å²) in [6, 6.07) is 1.35. The maximum absolute atomic E-state index is 11.8. The molecule has 2 aromatic rings. The molecule has 0 saturated heterocycles. The van der Waals surface area contributed by atoms with Crippen molar-refractivity contribution in [3.63, 3.8) is 0 Å². The van der Waals surface area contributed by atoms with Crippen molar-refractivity contribution in [2.75, 3.05) is 18.1 Å². The predicted octanol–water partition coefficient (Wildman–Crippen LogP) is 0.883. The van der Waals surface area contributed by atoms with E-state index in [0.29, 0.717) is 9.73 Å². The Morgan fingerprint density at radius 1 is 1.45 bits per heavy atom. The monoisotopic (exact) mass is 406 g/mol. The van der Waals surface area contributed by atoms with Crippen LogP contribution in [0.3, 0.4) is 0 Å². The highest BCUT2D eigenvalue weighted by Gasteiger charge is 2.13. The Balaban J connectivity index is 1.89. The topological polar surface area (TPSA) is 110 Å². The van der Waals surface area contributed by atoms with E-state index in [1.807, 2.05) is 0 Å². The first-order valence-electron chi connectivity index (χ1n) is 5.83. The second-order valence-corrected chi connectivity index (χ2v) is 7.76. The van der Waals surface area contributed by atoms with Crippen LogP contribution in [0, 0.1) is 0 Å². The molecule has 2 heterocycles. The third-order valence-electron chi connectivity index (χ3n) is 2.44. The maximum Gasteiger partial charge on any atom is 0.253 e. The molecular formula is C11H11BrN4O4S2. The van der Waals surface area contributed by atoms with Gasteiger partial charge >= 0.3 is 0 Å². The lowest BCUT2D eigenvalue weighted by Crippen LogP contribution is -2.32. The van der Waals surface area contributed by atoms with Crippen LogP contribution in [0.2, 0.25) is 0 Å². The molecule has 0 unspecified atom stereocenters. The number of halogens is 1. The van der Waals surface area contributed by atoms with E-state index in [0.717, 1.165) is 10.2 Å². The third-order valence-corrected chi connectivity index (χ3v) is 4.90. The highest BCUT2D eigenvalue weighted by Crippen LogP contribution is 2.18. The van der Waals surface area contributed by atoms with E-state index < -0.39 is 21.8 Å². The van der Waals surface area contributed by atoms with Crippen LogP contribution in [0.1, 0.15) is 10.4 Å². The summed E-state index contributed by atoms with van der Waals surface area (Å²) < 4.78 is 24.1. The van der Waals surface area contributed by atoms with Crippen LogP contribution in [-0.4, -0.2) is 42.0 Å². The quantitative estimate of drug-likeness (QED) is 0.765. The van der Waals surface area contributed by atoms with Crippen LogP contribution in [-0.2, 0) is 14.8 Å². The van der Waals surface area contributed by atoms with Crippen LogP contribution in [0.4, 0.5) is 5.13 Å². The number of carbonyl (C=O) groups is 2. The van der Waals surface area contributed by atoms with Crippen LogP contribution in [0.5, 0.6) is 0 Å². The minimum Gasteiger partial charge on any atom is -0.343 e. The fourth-order valence-electron chi connectivity index (χ4n) is 1.46. The molecule has 11 heteroatoms. The highest BCUT2D eigenvalue weighted by atomic mass is 79.9. The van der Waals surface area contributed by atoms with Crippen molar-refractivity contribution >= 4 is 54.2 Å². The van der Waals surface area contributed by atoms with Gasteiger partial charge in [0.05, 0.1) is 18.4 Å². The van der Waals surface area contributed by atoms with Crippen molar-refractivity contribution in [3.05, 3.63) is 34.0 Å². The molecule has 118 valence electrons. The number of amides is 2. The van der Waals surface area contributed by atoms with Crippen LogP contribution < -0.4 is 10.6 Å². The van der Waals surface area contributed by atoms with Gasteiger partial charge in [-0.15, -0.1) is 11.3 Å². The molecule has 8 nitrogen and oxygen atoms in total. The summed E-state index contributed by atoms with van der Waals surface area (Å²) in [6.07, 6.45) is 3.46. The van der Waals surface area contributed by atoms with Gasteiger partial charge in [0.25, 0.3) is 5.91 Å². The average Bonchev–Trinajstić information content (AvgIpc) is 3.04. The number of hydrogen-bond donors (Lipinski definition) is 2. The zero-order valence-electron chi connectivity index (χ0n) is 11.2. The largest absolute Gasteiger partial charge is 0.343 e. The molecule has 2 amide bonds. The summed E-state index contributed by atoms with van der Waals surface area (Å²) in [7, 11) is -3.44. The first-order valence-corrected chi connectivity index (χ1v) is 9.35. The third kappa shape index (κ3) is 4.39.